The number of rotatable bonds is 5. The molecule has 0 unspecified atom stereocenters. The molecule has 2 aliphatic carbocycles. The molecule has 0 bridgehead atoms. The maximum atomic E-state index is 11.6. The van der Waals surface area contributed by atoms with Crippen LogP contribution in [0.4, 0.5) is 0 Å². The van der Waals surface area contributed by atoms with E-state index in [4.69, 9.17) is 10.00 Å². The lowest BCUT2D eigenvalue weighted by Gasteiger charge is -2.22. The largest absolute Gasteiger partial charge is 0.376 e. The predicted octanol–water partition coefficient (Wildman–Crippen LogP) is 1.76. The molecule has 0 spiro atoms. The number of amides is 1. The van der Waals surface area contributed by atoms with Gasteiger partial charge in [0.25, 0.3) is 0 Å². The summed E-state index contributed by atoms with van der Waals surface area (Å²) >= 11 is 0. The van der Waals surface area contributed by atoms with Gasteiger partial charge < -0.3 is 10.1 Å². The normalized spacial score (nSPS) is 22.8. The Balaban J connectivity index is 1.57. The van der Waals surface area contributed by atoms with Crippen molar-refractivity contribution in [3.8, 4) is 6.07 Å². The first-order valence-electron chi connectivity index (χ1n) is 6.58. The van der Waals surface area contributed by atoms with Crippen LogP contribution in [0.2, 0.25) is 0 Å². The quantitative estimate of drug-likeness (QED) is 0.740. The number of ether oxygens (including phenoxy) is 1. The highest BCUT2D eigenvalue weighted by molar-refractivity contribution is 5.88. The van der Waals surface area contributed by atoms with E-state index in [0.717, 1.165) is 12.8 Å². The topological polar surface area (TPSA) is 62.1 Å². The van der Waals surface area contributed by atoms with Crippen molar-refractivity contribution in [2.24, 2.45) is 5.41 Å². The Morgan fingerprint density at radius 2 is 2.06 bits per heavy atom. The summed E-state index contributed by atoms with van der Waals surface area (Å²) < 4.78 is 5.70. The van der Waals surface area contributed by atoms with Crippen LogP contribution in [-0.2, 0) is 9.53 Å². The van der Waals surface area contributed by atoms with E-state index in [9.17, 15) is 4.79 Å². The van der Waals surface area contributed by atoms with Gasteiger partial charge in [-0.3, -0.25) is 4.79 Å². The first-order chi connectivity index (χ1) is 8.27. The molecular weight excluding hydrogens is 216 g/mol. The van der Waals surface area contributed by atoms with Crippen LogP contribution in [0, 0.1) is 16.7 Å². The molecule has 0 atom stereocenters. The molecule has 0 saturated heterocycles. The first kappa shape index (κ1) is 12.4. The summed E-state index contributed by atoms with van der Waals surface area (Å²) in [6.45, 7) is 1.09. The standard InChI is InChI=1S/C13H20N2O2/c14-10-13(6-7-13)12(16)15-8-9-17-11-4-2-1-3-5-11/h11H,1-9H2,(H,15,16). The highest BCUT2D eigenvalue weighted by atomic mass is 16.5. The lowest BCUT2D eigenvalue weighted by atomic mass is 9.98. The third-order valence-electron chi connectivity index (χ3n) is 3.69. The third kappa shape index (κ3) is 3.19. The molecular formula is C13H20N2O2. The van der Waals surface area contributed by atoms with Crippen molar-refractivity contribution in [2.45, 2.75) is 51.0 Å². The number of carbonyl (C=O) groups excluding carboxylic acids is 1. The molecule has 2 aliphatic rings. The number of nitrogens with one attached hydrogen (secondary N) is 1. The van der Waals surface area contributed by atoms with Crippen LogP contribution in [0.3, 0.4) is 0 Å². The predicted molar refractivity (Wildman–Crippen MR) is 63.1 cm³/mol. The Hall–Kier alpha value is -1.08. The summed E-state index contributed by atoms with van der Waals surface area (Å²) in [6, 6.07) is 2.09. The zero-order valence-electron chi connectivity index (χ0n) is 10.2. The molecule has 4 heteroatoms. The zero-order chi connectivity index (χ0) is 12.1. The van der Waals surface area contributed by atoms with Crippen LogP contribution in [0.1, 0.15) is 44.9 Å². The molecule has 0 heterocycles. The van der Waals surface area contributed by atoms with Gasteiger partial charge in [0.1, 0.15) is 5.41 Å². The van der Waals surface area contributed by atoms with Gasteiger partial charge in [-0.25, -0.2) is 0 Å². The fourth-order valence-electron chi connectivity index (χ4n) is 2.31. The summed E-state index contributed by atoms with van der Waals surface area (Å²) in [7, 11) is 0. The molecule has 2 fully saturated rings. The van der Waals surface area contributed by atoms with Crippen LogP contribution in [0.15, 0.2) is 0 Å². The van der Waals surface area contributed by atoms with Crippen molar-refractivity contribution in [1.29, 1.82) is 5.26 Å². The number of hydrogen-bond donors (Lipinski definition) is 1. The van der Waals surface area contributed by atoms with E-state index in [1.807, 2.05) is 0 Å². The van der Waals surface area contributed by atoms with E-state index >= 15 is 0 Å². The molecule has 2 saturated carbocycles. The highest BCUT2D eigenvalue weighted by Crippen LogP contribution is 2.44. The van der Waals surface area contributed by atoms with Gasteiger partial charge in [0, 0.05) is 6.54 Å². The van der Waals surface area contributed by atoms with E-state index in [2.05, 4.69) is 11.4 Å². The van der Waals surface area contributed by atoms with Crippen molar-refractivity contribution < 1.29 is 9.53 Å². The lowest BCUT2D eigenvalue weighted by Crippen LogP contribution is -2.34. The average Bonchev–Trinajstić information content (AvgIpc) is 3.17. The second-order valence-corrected chi connectivity index (χ2v) is 5.08. The number of hydrogen-bond acceptors (Lipinski definition) is 3. The highest BCUT2D eigenvalue weighted by Gasteiger charge is 2.50. The van der Waals surface area contributed by atoms with E-state index in [-0.39, 0.29) is 5.91 Å². The second-order valence-electron chi connectivity index (χ2n) is 5.08. The van der Waals surface area contributed by atoms with Gasteiger partial charge in [0.05, 0.1) is 18.8 Å². The van der Waals surface area contributed by atoms with Crippen molar-refractivity contribution in [2.75, 3.05) is 13.2 Å². The third-order valence-corrected chi connectivity index (χ3v) is 3.69. The number of nitriles is 1. The van der Waals surface area contributed by atoms with Crippen molar-refractivity contribution in [3.63, 3.8) is 0 Å². The summed E-state index contributed by atoms with van der Waals surface area (Å²) in [5.41, 5.74) is -0.704. The summed E-state index contributed by atoms with van der Waals surface area (Å²) in [5.74, 6) is -0.118. The second kappa shape index (κ2) is 5.50. The van der Waals surface area contributed by atoms with Crippen LogP contribution in [0.5, 0.6) is 0 Å². The van der Waals surface area contributed by atoms with Crippen molar-refractivity contribution >= 4 is 5.91 Å². The molecule has 17 heavy (non-hydrogen) atoms. The zero-order valence-corrected chi connectivity index (χ0v) is 10.2. The monoisotopic (exact) mass is 236 g/mol. The Labute approximate surface area is 102 Å². The molecule has 1 amide bonds. The van der Waals surface area contributed by atoms with Crippen molar-refractivity contribution in [3.05, 3.63) is 0 Å². The molecule has 1 N–H and O–H groups in total. The molecule has 0 aliphatic heterocycles. The minimum absolute atomic E-state index is 0.118. The maximum Gasteiger partial charge on any atom is 0.240 e. The van der Waals surface area contributed by atoms with Gasteiger partial charge >= 0.3 is 0 Å². The first-order valence-corrected chi connectivity index (χ1v) is 6.58. The van der Waals surface area contributed by atoms with Gasteiger partial charge in [0.15, 0.2) is 0 Å². The lowest BCUT2D eigenvalue weighted by molar-refractivity contribution is -0.124. The van der Waals surface area contributed by atoms with Crippen LogP contribution in [-0.4, -0.2) is 25.2 Å². The Morgan fingerprint density at radius 3 is 2.65 bits per heavy atom. The van der Waals surface area contributed by atoms with Gasteiger partial charge in [-0.05, 0) is 25.7 Å². The molecule has 4 nitrogen and oxygen atoms in total. The van der Waals surface area contributed by atoms with Gasteiger partial charge in [-0.15, -0.1) is 0 Å². The van der Waals surface area contributed by atoms with E-state index in [0.29, 0.717) is 32.1 Å². The molecule has 0 radical (unpaired) electrons. The minimum Gasteiger partial charge on any atom is -0.376 e. The SMILES string of the molecule is N#CC1(C(=O)NCCOC2CCCCC2)CC1. The van der Waals surface area contributed by atoms with Gasteiger partial charge in [-0.2, -0.15) is 5.26 Å². The number of nitrogens with zero attached hydrogens (tertiary/aromatic N) is 1. The van der Waals surface area contributed by atoms with E-state index in [1.54, 1.807) is 0 Å². The van der Waals surface area contributed by atoms with E-state index in [1.165, 1.54) is 19.3 Å². The smallest absolute Gasteiger partial charge is 0.240 e. The molecule has 0 aromatic heterocycles. The summed E-state index contributed by atoms with van der Waals surface area (Å²) in [5, 5.41) is 11.6. The maximum absolute atomic E-state index is 11.6. The fourth-order valence-corrected chi connectivity index (χ4v) is 2.31. The Kier molecular flexibility index (Phi) is 4.01. The summed E-state index contributed by atoms with van der Waals surface area (Å²) in [4.78, 5) is 11.6. The van der Waals surface area contributed by atoms with Crippen LogP contribution >= 0.6 is 0 Å². The van der Waals surface area contributed by atoms with Crippen LogP contribution < -0.4 is 5.32 Å². The molecule has 0 aromatic rings. The summed E-state index contributed by atoms with van der Waals surface area (Å²) in [6.07, 6.45) is 7.93. The molecule has 2 rings (SSSR count). The number of carbonyl (C=O) groups is 1. The van der Waals surface area contributed by atoms with E-state index < -0.39 is 5.41 Å². The molecule has 94 valence electrons. The van der Waals surface area contributed by atoms with Gasteiger partial charge in [-0.1, -0.05) is 19.3 Å². The van der Waals surface area contributed by atoms with Crippen molar-refractivity contribution in [1.82, 2.24) is 5.32 Å². The molecule has 0 aromatic carbocycles. The fraction of sp³-hybridized carbons (Fsp3) is 0.846. The Morgan fingerprint density at radius 1 is 1.35 bits per heavy atom. The minimum atomic E-state index is -0.704. The average molecular weight is 236 g/mol. The Bertz CT molecular complexity index is 312. The van der Waals surface area contributed by atoms with Gasteiger partial charge in [0.2, 0.25) is 5.91 Å². The van der Waals surface area contributed by atoms with Crippen LogP contribution in [0.25, 0.3) is 0 Å².